The summed E-state index contributed by atoms with van der Waals surface area (Å²) in [5.74, 6) is -0.189. The zero-order chi connectivity index (χ0) is 13.5. The number of nitrogens with zero attached hydrogens (tertiary/aromatic N) is 1. The average molecular weight is 254 g/mol. The Kier molecular flexibility index (Phi) is 6.25. The summed E-state index contributed by atoms with van der Waals surface area (Å²) in [6.45, 7) is 3.94. The molecule has 0 radical (unpaired) electrons. The van der Waals surface area contributed by atoms with Gasteiger partial charge < -0.3 is 15.3 Å². The molecule has 1 aromatic carbocycles. The third-order valence-corrected chi connectivity index (χ3v) is 2.83. The van der Waals surface area contributed by atoms with Gasteiger partial charge in [0.05, 0.1) is 6.10 Å². The van der Waals surface area contributed by atoms with E-state index in [1.807, 2.05) is 32.0 Å². The van der Waals surface area contributed by atoms with E-state index in [0.717, 1.165) is 24.1 Å². The van der Waals surface area contributed by atoms with Gasteiger partial charge in [0.25, 0.3) is 0 Å². The molecule has 3 nitrogen and oxygen atoms in total. The minimum atomic E-state index is -0.352. The topological polar surface area (TPSA) is 35.5 Å². The van der Waals surface area contributed by atoms with Crippen LogP contribution in [-0.4, -0.2) is 49.8 Å². The van der Waals surface area contributed by atoms with E-state index in [1.165, 1.54) is 6.07 Å². The van der Waals surface area contributed by atoms with Crippen molar-refractivity contribution < 1.29 is 9.50 Å². The molecule has 102 valence electrons. The predicted octanol–water partition coefficient (Wildman–Crippen LogP) is 1.19. The van der Waals surface area contributed by atoms with Crippen LogP contribution in [-0.2, 0) is 6.42 Å². The van der Waals surface area contributed by atoms with Gasteiger partial charge >= 0.3 is 0 Å². The fourth-order valence-electron chi connectivity index (χ4n) is 1.92. The summed E-state index contributed by atoms with van der Waals surface area (Å²) < 4.78 is 12.9. The largest absolute Gasteiger partial charge is 0.390 e. The predicted molar refractivity (Wildman–Crippen MR) is 72.3 cm³/mol. The summed E-state index contributed by atoms with van der Waals surface area (Å²) in [5, 5.41) is 12.9. The van der Waals surface area contributed by atoms with Crippen molar-refractivity contribution in [1.82, 2.24) is 10.2 Å². The summed E-state index contributed by atoms with van der Waals surface area (Å²) in [6, 6.07) is 4.86. The second kappa shape index (κ2) is 7.46. The van der Waals surface area contributed by atoms with Crippen molar-refractivity contribution in [2.75, 3.05) is 33.7 Å². The number of halogens is 1. The highest BCUT2D eigenvalue weighted by Crippen LogP contribution is 2.10. The fourth-order valence-corrected chi connectivity index (χ4v) is 1.92. The number of likely N-dealkylation sites (N-methyl/N-ethyl adjacent to an activating group) is 1. The maximum Gasteiger partial charge on any atom is 0.123 e. The number of hydrogen-bond acceptors (Lipinski definition) is 3. The zero-order valence-corrected chi connectivity index (χ0v) is 11.4. The SMILES string of the molecule is Cc1cc(F)ccc1CCNCC(O)CN(C)C. The van der Waals surface area contributed by atoms with E-state index in [-0.39, 0.29) is 11.9 Å². The van der Waals surface area contributed by atoms with Gasteiger partial charge in [0.1, 0.15) is 5.82 Å². The molecule has 0 saturated carbocycles. The average Bonchev–Trinajstić information content (AvgIpc) is 2.25. The van der Waals surface area contributed by atoms with Gasteiger partial charge in [-0.25, -0.2) is 4.39 Å². The molecule has 4 heteroatoms. The minimum Gasteiger partial charge on any atom is -0.390 e. The molecule has 0 aliphatic heterocycles. The molecular weight excluding hydrogens is 231 g/mol. The van der Waals surface area contributed by atoms with Crippen LogP contribution in [0.3, 0.4) is 0 Å². The normalized spacial score (nSPS) is 13.0. The van der Waals surface area contributed by atoms with Gasteiger partial charge in [-0.15, -0.1) is 0 Å². The number of benzene rings is 1. The van der Waals surface area contributed by atoms with E-state index in [0.29, 0.717) is 13.1 Å². The number of nitrogens with one attached hydrogen (secondary N) is 1. The molecule has 0 saturated heterocycles. The second-order valence-corrected chi connectivity index (χ2v) is 4.94. The Morgan fingerprint density at radius 1 is 1.39 bits per heavy atom. The Labute approximate surface area is 109 Å². The fraction of sp³-hybridized carbons (Fsp3) is 0.571. The maximum absolute atomic E-state index is 12.9. The van der Waals surface area contributed by atoms with Crippen molar-refractivity contribution in [3.63, 3.8) is 0 Å². The molecule has 0 bridgehead atoms. The molecule has 0 aliphatic carbocycles. The van der Waals surface area contributed by atoms with Crippen LogP contribution in [0.4, 0.5) is 4.39 Å². The van der Waals surface area contributed by atoms with E-state index in [1.54, 1.807) is 6.07 Å². The molecule has 1 aromatic rings. The molecule has 18 heavy (non-hydrogen) atoms. The molecule has 0 fully saturated rings. The van der Waals surface area contributed by atoms with Crippen LogP contribution < -0.4 is 5.32 Å². The van der Waals surface area contributed by atoms with Crippen molar-refractivity contribution in [2.45, 2.75) is 19.4 Å². The van der Waals surface area contributed by atoms with Gasteiger partial charge in [-0.1, -0.05) is 6.07 Å². The number of aryl methyl sites for hydroxylation is 1. The lowest BCUT2D eigenvalue weighted by molar-refractivity contribution is 0.135. The van der Waals surface area contributed by atoms with Gasteiger partial charge in [-0.05, 0) is 57.2 Å². The molecule has 2 N–H and O–H groups in total. The van der Waals surface area contributed by atoms with E-state index in [2.05, 4.69) is 5.32 Å². The van der Waals surface area contributed by atoms with Crippen LogP contribution in [0.1, 0.15) is 11.1 Å². The van der Waals surface area contributed by atoms with E-state index >= 15 is 0 Å². The number of rotatable bonds is 7. The van der Waals surface area contributed by atoms with Gasteiger partial charge in [0.2, 0.25) is 0 Å². The Morgan fingerprint density at radius 3 is 2.72 bits per heavy atom. The third kappa shape index (κ3) is 5.58. The highest BCUT2D eigenvalue weighted by Gasteiger charge is 2.05. The zero-order valence-electron chi connectivity index (χ0n) is 11.4. The van der Waals surface area contributed by atoms with Crippen molar-refractivity contribution in [2.24, 2.45) is 0 Å². The molecule has 0 heterocycles. The summed E-state index contributed by atoms with van der Waals surface area (Å²) in [4.78, 5) is 1.95. The number of hydrogen-bond donors (Lipinski definition) is 2. The first-order chi connectivity index (χ1) is 8.49. The van der Waals surface area contributed by atoms with E-state index < -0.39 is 0 Å². The van der Waals surface area contributed by atoms with Crippen molar-refractivity contribution in [3.8, 4) is 0 Å². The summed E-state index contributed by atoms with van der Waals surface area (Å²) in [6.07, 6.45) is 0.496. The first kappa shape index (κ1) is 15.1. The van der Waals surface area contributed by atoms with Gasteiger partial charge in [-0.2, -0.15) is 0 Å². The van der Waals surface area contributed by atoms with Gasteiger partial charge in [0.15, 0.2) is 0 Å². The molecule has 0 aliphatic rings. The highest BCUT2D eigenvalue weighted by atomic mass is 19.1. The van der Waals surface area contributed by atoms with E-state index in [9.17, 15) is 9.50 Å². The van der Waals surface area contributed by atoms with Crippen LogP contribution in [0.5, 0.6) is 0 Å². The first-order valence-electron chi connectivity index (χ1n) is 6.27. The molecule has 1 unspecified atom stereocenters. The second-order valence-electron chi connectivity index (χ2n) is 4.94. The third-order valence-electron chi connectivity index (χ3n) is 2.83. The van der Waals surface area contributed by atoms with Crippen LogP contribution >= 0.6 is 0 Å². The van der Waals surface area contributed by atoms with Crippen LogP contribution in [0.15, 0.2) is 18.2 Å². The number of aliphatic hydroxyl groups is 1. The minimum absolute atomic E-state index is 0.189. The van der Waals surface area contributed by atoms with Crippen molar-refractivity contribution in [1.29, 1.82) is 0 Å². The Morgan fingerprint density at radius 2 is 2.11 bits per heavy atom. The lowest BCUT2D eigenvalue weighted by Crippen LogP contribution is -2.35. The molecule has 1 rings (SSSR count). The van der Waals surface area contributed by atoms with Crippen molar-refractivity contribution in [3.05, 3.63) is 35.1 Å². The quantitative estimate of drug-likeness (QED) is 0.718. The molecule has 0 amide bonds. The highest BCUT2D eigenvalue weighted by molar-refractivity contribution is 5.26. The summed E-state index contributed by atoms with van der Waals surface area (Å²) >= 11 is 0. The lowest BCUT2D eigenvalue weighted by Gasteiger charge is -2.16. The molecule has 0 aromatic heterocycles. The van der Waals surface area contributed by atoms with E-state index in [4.69, 9.17) is 0 Å². The maximum atomic E-state index is 12.9. The Bertz CT molecular complexity index is 369. The van der Waals surface area contributed by atoms with Crippen LogP contribution in [0.25, 0.3) is 0 Å². The van der Waals surface area contributed by atoms with Gasteiger partial charge in [0, 0.05) is 13.1 Å². The first-order valence-corrected chi connectivity index (χ1v) is 6.27. The van der Waals surface area contributed by atoms with Crippen molar-refractivity contribution >= 4 is 0 Å². The lowest BCUT2D eigenvalue weighted by atomic mass is 10.1. The monoisotopic (exact) mass is 254 g/mol. The van der Waals surface area contributed by atoms with Crippen LogP contribution in [0.2, 0.25) is 0 Å². The summed E-state index contributed by atoms with van der Waals surface area (Å²) in [5.41, 5.74) is 2.12. The molecule has 0 spiro atoms. The Hall–Kier alpha value is -0.970. The molecular formula is C14H23FN2O. The number of aliphatic hydroxyl groups excluding tert-OH is 1. The smallest absolute Gasteiger partial charge is 0.123 e. The standard InChI is InChI=1S/C14H23FN2O/c1-11-8-13(15)5-4-12(11)6-7-16-9-14(18)10-17(2)3/h4-5,8,14,16,18H,6-7,9-10H2,1-3H3. The molecule has 1 atom stereocenters. The summed E-state index contributed by atoms with van der Waals surface area (Å²) in [7, 11) is 3.87. The van der Waals surface area contributed by atoms with Crippen LogP contribution in [0, 0.1) is 12.7 Å². The van der Waals surface area contributed by atoms with Gasteiger partial charge in [-0.3, -0.25) is 0 Å². The Balaban J connectivity index is 2.25.